The topological polar surface area (TPSA) is 82.5 Å². The van der Waals surface area contributed by atoms with Gasteiger partial charge < -0.3 is 10.4 Å². The number of carbonyl (C=O) groups excluding carboxylic acids is 1. The molecule has 1 aromatic heterocycles. The van der Waals surface area contributed by atoms with Crippen LogP contribution >= 0.6 is 0 Å². The van der Waals surface area contributed by atoms with Gasteiger partial charge in [-0.1, -0.05) is 6.92 Å². The summed E-state index contributed by atoms with van der Waals surface area (Å²) in [4.78, 5) is 28.8. The highest BCUT2D eigenvalue weighted by molar-refractivity contribution is 5.96. The molecule has 2 N–H and O–H groups in total. The van der Waals surface area contributed by atoms with Crippen LogP contribution < -0.4 is 5.32 Å². The van der Waals surface area contributed by atoms with Gasteiger partial charge in [-0.15, -0.1) is 0 Å². The normalized spacial score (nSPS) is 14.3. The fourth-order valence-electron chi connectivity index (χ4n) is 2.14. The Hall–Kier alpha value is -1.95. The van der Waals surface area contributed by atoms with Crippen molar-refractivity contribution < 1.29 is 14.7 Å². The van der Waals surface area contributed by atoms with E-state index >= 15 is 0 Å². The molecule has 6 heteroatoms. The van der Waals surface area contributed by atoms with Crippen molar-refractivity contribution in [2.45, 2.75) is 25.8 Å². The van der Waals surface area contributed by atoms with E-state index in [-0.39, 0.29) is 11.6 Å². The lowest BCUT2D eigenvalue weighted by atomic mass is 10.2. The molecule has 0 bridgehead atoms. The van der Waals surface area contributed by atoms with Crippen molar-refractivity contribution in [1.29, 1.82) is 0 Å². The Morgan fingerprint density at radius 1 is 1.50 bits per heavy atom. The number of hydrogen-bond acceptors (Lipinski definition) is 4. The van der Waals surface area contributed by atoms with Gasteiger partial charge in [0.25, 0.3) is 5.91 Å². The summed E-state index contributed by atoms with van der Waals surface area (Å²) in [6.45, 7) is 4.48. The number of aromatic nitrogens is 1. The number of carboxylic acid groups (broad SMARTS) is 1. The third-order valence-electron chi connectivity index (χ3n) is 3.40. The Morgan fingerprint density at radius 2 is 2.25 bits per heavy atom. The van der Waals surface area contributed by atoms with Crippen molar-refractivity contribution in [3.63, 3.8) is 0 Å². The van der Waals surface area contributed by atoms with E-state index in [0.717, 1.165) is 13.1 Å². The number of carboxylic acids is 1. The second kappa shape index (κ2) is 6.47. The molecule has 1 aliphatic rings. The lowest BCUT2D eigenvalue weighted by Crippen LogP contribution is -2.36. The van der Waals surface area contributed by atoms with Gasteiger partial charge in [0, 0.05) is 30.9 Å². The minimum atomic E-state index is -1.13. The molecule has 20 heavy (non-hydrogen) atoms. The zero-order valence-corrected chi connectivity index (χ0v) is 11.5. The van der Waals surface area contributed by atoms with Crippen molar-refractivity contribution in [2.24, 2.45) is 0 Å². The van der Waals surface area contributed by atoms with E-state index in [0.29, 0.717) is 18.2 Å². The Bertz CT molecular complexity index is 500. The molecule has 1 heterocycles. The average Bonchev–Trinajstić information content (AvgIpc) is 3.28. The highest BCUT2D eigenvalue weighted by Gasteiger charge is 2.27. The van der Waals surface area contributed by atoms with E-state index in [1.807, 2.05) is 0 Å². The van der Waals surface area contributed by atoms with Crippen LogP contribution in [0.4, 0.5) is 0 Å². The quantitative estimate of drug-likeness (QED) is 0.776. The molecule has 1 fully saturated rings. The van der Waals surface area contributed by atoms with Crippen LogP contribution in [0, 0.1) is 0 Å². The van der Waals surface area contributed by atoms with Crippen LogP contribution in [0.3, 0.4) is 0 Å². The molecule has 0 spiro atoms. The molecule has 0 saturated heterocycles. The highest BCUT2D eigenvalue weighted by Crippen LogP contribution is 2.25. The zero-order chi connectivity index (χ0) is 14.5. The van der Waals surface area contributed by atoms with Crippen molar-refractivity contribution in [1.82, 2.24) is 15.2 Å². The fourth-order valence-corrected chi connectivity index (χ4v) is 2.14. The first-order valence-electron chi connectivity index (χ1n) is 6.83. The molecule has 108 valence electrons. The van der Waals surface area contributed by atoms with Crippen LogP contribution in [-0.2, 0) is 0 Å². The molecule has 1 aromatic rings. The van der Waals surface area contributed by atoms with Gasteiger partial charge in [-0.3, -0.25) is 9.69 Å². The molecule has 0 radical (unpaired) electrons. The minimum absolute atomic E-state index is 0.120. The monoisotopic (exact) mass is 277 g/mol. The SMILES string of the molecule is CCN(CCNC(=O)c1ccnc(C(=O)O)c1)C1CC1. The maximum absolute atomic E-state index is 11.9. The summed E-state index contributed by atoms with van der Waals surface area (Å²) in [6.07, 6.45) is 3.82. The van der Waals surface area contributed by atoms with Gasteiger partial charge in [-0.25, -0.2) is 9.78 Å². The molecule has 2 rings (SSSR count). The van der Waals surface area contributed by atoms with Crippen LogP contribution in [0.15, 0.2) is 18.3 Å². The van der Waals surface area contributed by atoms with Crippen LogP contribution in [0.2, 0.25) is 0 Å². The number of amides is 1. The van der Waals surface area contributed by atoms with E-state index in [1.54, 1.807) is 0 Å². The van der Waals surface area contributed by atoms with Gasteiger partial charge >= 0.3 is 5.97 Å². The van der Waals surface area contributed by atoms with E-state index in [1.165, 1.54) is 31.2 Å². The summed E-state index contributed by atoms with van der Waals surface area (Å²) in [5.74, 6) is -1.40. The van der Waals surface area contributed by atoms with Crippen LogP contribution in [-0.4, -0.2) is 52.5 Å². The highest BCUT2D eigenvalue weighted by atomic mass is 16.4. The molecular weight excluding hydrogens is 258 g/mol. The second-order valence-electron chi connectivity index (χ2n) is 4.85. The Morgan fingerprint density at radius 3 is 2.85 bits per heavy atom. The number of carbonyl (C=O) groups is 2. The molecule has 6 nitrogen and oxygen atoms in total. The number of hydrogen-bond donors (Lipinski definition) is 2. The van der Waals surface area contributed by atoms with Gasteiger partial charge in [0.05, 0.1) is 0 Å². The van der Waals surface area contributed by atoms with E-state index in [9.17, 15) is 9.59 Å². The number of likely N-dealkylation sites (N-methyl/N-ethyl adjacent to an activating group) is 1. The smallest absolute Gasteiger partial charge is 0.354 e. The Kier molecular flexibility index (Phi) is 4.68. The van der Waals surface area contributed by atoms with E-state index in [4.69, 9.17) is 5.11 Å². The molecule has 1 saturated carbocycles. The number of rotatable bonds is 7. The molecule has 0 unspecified atom stereocenters. The first kappa shape index (κ1) is 14.5. The van der Waals surface area contributed by atoms with Crippen molar-refractivity contribution >= 4 is 11.9 Å². The first-order chi connectivity index (χ1) is 9.61. The van der Waals surface area contributed by atoms with Crippen LogP contribution in [0.25, 0.3) is 0 Å². The van der Waals surface area contributed by atoms with Crippen LogP contribution in [0.5, 0.6) is 0 Å². The van der Waals surface area contributed by atoms with Crippen molar-refractivity contribution in [2.75, 3.05) is 19.6 Å². The maximum Gasteiger partial charge on any atom is 0.354 e. The van der Waals surface area contributed by atoms with Crippen molar-refractivity contribution in [3.8, 4) is 0 Å². The predicted octanol–water partition coefficient (Wildman–Crippen LogP) is 0.994. The van der Waals surface area contributed by atoms with Gasteiger partial charge in [0.1, 0.15) is 5.69 Å². The fraction of sp³-hybridized carbons (Fsp3) is 0.500. The largest absolute Gasteiger partial charge is 0.477 e. The maximum atomic E-state index is 11.9. The standard InChI is InChI=1S/C14H19N3O3/c1-2-17(11-3-4-11)8-7-16-13(18)10-5-6-15-12(9-10)14(19)20/h5-6,9,11H,2-4,7-8H2,1H3,(H,16,18)(H,19,20). The molecule has 0 aliphatic heterocycles. The Labute approximate surface area is 117 Å². The minimum Gasteiger partial charge on any atom is -0.477 e. The predicted molar refractivity (Wildman–Crippen MR) is 73.8 cm³/mol. The summed E-state index contributed by atoms with van der Waals surface area (Å²) in [7, 11) is 0. The summed E-state index contributed by atoms with van der Waals surface area (Å²) < 4.78 is 0. The lowest BCUT2D eigenvalue weighted by molar-refractivity contribution is 0.0690. The summed E-state index contributed by atoms with van der Waals surface area (Å²) in [5.41, 5.74) is 0.206. The molecule has 1 aliphatic carbocycles. The third kappa shape index (κ3) is 3.77. The second-order valence-corrected chi connectivity index (χ2v) is 4.85. The summed E-state index contributed by atoms with van der Waals surface area (Å²) in [6, 6.07) is 3.48. The van der Waals surface area contributed by atoms with E-state index < -0.39 is 5.97 Å². The van der Waals surface area contributed by atoms with E-state index in [2.05, 4.69) is 22.1 Å². The van der Waals surface area contributed by atoms with Gasteiger partial charge in [-0.05, 0) is 31.5 Å². The zero-order valence-electron chi connectivity index (χ0n) is 11.5. The lowest BCUT2D eigenvalue weighted by Gasteiger charge is -2.19. The molecular formula is C14H19N3O3. The average molecular weight is 277 g/mol. The summed E-state index contributed by atoms with van der Waals surface area (Å²) in [5, 5.41) is 11.7. The van der Waals surface area contributed by atoms with Gasteiger partial charge in [0.2, 0.25) is 0 Å². The van der Waals surface area contributed by atoms with Crippen LogP contribution in [0.1, 0.15) is 40.6 Å². The summed E-state index contributed by atoms with van der Waals surface area (Å²) >= 11 is 0. The van der Waals surface area contributed by atoms with Crippen molar-refractivity contribution in [3.05, 3.63) is 29.6 Å². The number of nitrogens with zero attached hydrogens (tertiary/aromatic N) is 2. The van der Waals surface area contributed by atoms with Gasteiger partial charge in [-0.2, -0.15) is 0 Å². The molecule has 0 atom stereocenters. The third-order valence-corrected chi connectivity index (χ3v) is 3.40. The molecule has 1 amide bonds. The molecule has 0 aromatic carbocycles. The Balaban J connectivity index is 1.85. The first-order valence-corrected chi connectivity index (χ1v) is 6.83. The van der Waals surface area contributed by atoms with Gasteiger partial charge in [0.15, 0.2) is 0 Å². The number of nitrogens with one attached hydrogen (secondary N) is 1. The number of pyridine rings is 1. The number of aromatic carboxylic acids is 1.